The molecule has 3 aliphatic carbocycles. The molecule has 0 fully saturated rings. The fourth-order valence-corrected chi connectivity index (χ4v) is 12.7. The Morgan fingerprint density at radius 3 is 0.941 bits per heavy atom. The normalized spacial score (nSPS) is 22.9. The minimum Gasteiger partial charge on any atom is -0.508 e. The van der Waals surface area contributed by atoms with Gasteiger partial charge in [-0.15, -0.1) is 0 Å². The lowest BCUT2D eigenvalue weighted by atomic mass is 9.57. The summed E-state index contributed by atoms with van der Waals surface area (Å²) in [6, 6.07) is 35.2. The average molecular weight is 905 g/mol. The summed E-state index contributed by atoms with van der Waals surface area (Å²) in [5, 5.41) is 116. The number of ether oxygens (including phenoxy) is 2. The second kappa shape index (κ2) is 13.9. The van der Waals surface area contributed by atoms with Gasteiger partial charge in [0.05, 0.1) is 11.8 Å². The molecule has 0 saturated heterocycles. The van der Waals surface area contributed by atoms with Gasteiger partial charge in [-0.05, 0) is 105 Å². The van der Waals surface area contributed by atoms with Gasteiger partial charge >= 0.3 is 0 Å². The molecular weight excluding hydrogens is 865 g/mol. The average Bonchev–Trinajstić information content (AvgIpc) is 3.80. The summed E-state index contributed by atoms with van der Waals surface area (Å²) < 4.78 is 13.8. The summed E-state index contributed by atoms with van der Waals surface area (Å²) in [4.78, 5) is 0. The van der Waals surface area contributed by atoms with E-state index < -0.39 is 47.7 Å². The molecule has 8 aromatic carbocycles. The van der Waals surface area contributed by atoms with Crippen LogP contribution in [0.2, 0.25) is 0 Å². The third kappa shape index (κ3) is 5.42. The maximum Gasteiger partial charge on any atom is 0.135 e. The highest BCUT2D eigenvalue weighted by atomic mass is 16.5. The second-order valence-electron chi connectivity index (χ2n) is 18.5. The molecule has 0 bridgehead atoms. The number of fused-ring (bicyclic) bond motifs is 6. The maximum absolute atomic E-state index is 12.7. The standard InChI is InChI=1S/C56H40O12/c57-27-9-1-23(2-10-27)41-43-33(17-31(61)19-35(43)63)45-49-39(67-55(45)25-5-13-29(59)14-6-25)21-37(65)47-48-38(66)22-40-50-46(56(68-40)26-7-15-30(60)16-8-26)34-18-32(62)20-36(64)44(34)42(24-3-11-28(58)12-4-24)52(54(48)50)51(41)53(47)49/h1-22,41-42,45-46,51-52,55-66H. The van der Waals surface area contributed by atoms with Crippen molar-refractivity contribution in [2.75, 3.05) is 0 Å². The van der Waals surface area contributed by atoms with E-state index >= 15 is 0 Å². The summed E-state index contributed by atoms with van der Waals surface area (Å²) >= 11 is 0. The number of phenols is 10. The van der Waals surface area contributed by atoms with E-state index in [2.05, 4.69) is 0 Å². The molecule has 12 nitrogen and oxygen atoms in total. The van der Waals surface area contributed by atoms with Crippen LogP contribution in [0, 0.1) is 0 Å². The minimum atomic E-state index is -0.868. The third-order valence-electron chi connectivity index (χ3n) is 15.0. The van der Waals surface area contributed by atoms with Crippen LogP contribution in [0.4, 0.5) is 0 Å². The fraction of sp³-hybridized carbons (Fsp3) is 0.143. The van der Waals surface area contributed by atoms with Gasteiger partial charge in [0.25, 0.3) is 0 Å². The van der Waals surface area contributed by atoms with Crippen molar-refractivity contribution in [2.24, 2.45) is 0 Å². The number of hydrogen-bond donors (Lipinski definition) is 10. The van der Waals surface area contributed by atoms with Crippen LogP contribution in [0.3, 0.4) is 0 Å². The van der Waals surface area contributed by atoms with Crippen LogP contribution < -0.4 is 9.47 Å². The van der Waals surface area contributed by atoms with Gasteiger partial charge < -0.3 is 60.5 Å². The van der Waals surface area contributed by atoms with Crippen molar-refractivity contribution in [1.82, 2.24) is 0 Å². The molecule has 0 amide bonds. The quantitative estimate of drug-likeness (QED) is 0.0797. The van der Waals surface area contributed by atoms with Gasteiger partial charge in [0.1, 0.15) is 81.2 Å². The lowest BCUT2D eigenvalue weighted by Crippen LogP contribution is -2.30. The van der Waals surface area contributed by atoms with Crippen molar-refractivity contribution in [2.45, 2.75) is 47.7 Å². The van der Waals surface area contributed by atoms with E-state index in [9.17, 15) is 51.1 Å². The maximum atomic E-state index is 12.7. The van der Waals surface area contributed by atoms with Crippen molar-refractivity contribution in [1.29, 1.82) is 0 Å². The van der Waals surface area contributed by atoms with E-state index in [1.807, 2.05) is 0 Å². The third-order valence-corrected chi connectivity index (χ3v) is 15.0. The van der Waals surface area contributed by atoms with Crippen LogP contribution in [0.25, 0.3) is 11.1 Å². The van der Waals surface area contributed by atoms with Gasteiger partial charge in [-0.2, -0.15) is 0 Å². The van der Waals surface area contributed by atoms with Gasteiger partial charge in [0, 0.05) is 81.3 Å². The Labute approximate surface area is 387 Å². The Morgan fingerprint density at radius 1 is 0.279 bits per heavy atom. The van der Waals surface area contributed by atoms with Crippen molar-refractivity contribution in [3.05, 3.63) is 200 Å². The summed E-state index contributed by atoms with van der Waals surface area (Å²) in [5.41, 5.74) is 7.43. The predicted octanol–water partition coefficient (Wildman–Crippen LogP) is 10.4. The van der Waals surface area contributed by atoms with Crippen LogP contribution in [0.1, 0.15) is 114 Å². The highest BCUT2D eigenvalue weighted by molar-refractivity contribution is 5.91. The molecule has 0 saturated carbocycles. The molecule has 2 heterocycles. The zero-order valence-electron chi connectivity index (χ0n) is 35.6. The van der Waals surface area contributed by atoms with Crippen LogP contribution in [-0.4, -0.2) is 51.1 Å². The molecule has 8 atom stereocenters. The number of rotatable bonds is 4. The zero-order valence-corrected chi connectivity index (χ0v) is 35.6. The van der Waals surface area contributed by atoms with Crippen LogP contribution >= 0.6 is 0 Å². The predicted molar refractivity (Wildman–Crippen MR) is 247 cm³/mol. The van der Waals surface area contributed by atoms with Crippen molar-refractivity contribution in [3.8, 4) is 80.1 Å². The Kier molecular flexibility index (Phi) is 8.14. The Balaban J connectivity index is 1.23. The second-order valence-corrected chi connectivity index (χ2v) is 18.5. The van der Waals surface area contributed by atoms with Crippen LogP contribution in [0.15, 0.2) is 133 Å². The molecule has 0 aromatic heterocycles. The molecule has 8 aromatic rings. The van der Waals surface area contributed by atoms with Crippen molar-refractivity contribution in [3.63, 3.8) is 0 Å². The van der Waals surface area contributed by atoms with E-state index in [1.165, 1.54) is 24.3 Å². The first-order valence-electron chi connectivity index (χ1n) is 22.2. The van der Waals surface area contributed by atoms with E-state index in [0.717, 1.165) is 0 Å². The van der Waals surface area contributed by atoms with E-state index in [1.54, 1.807) is 109 Å². The lowest BCUT2D eigenvalue weighted by molar-refractivity contribution is 0.220. The Bertz CT molecular complexity index is 3210. The molecule has 10 N–H and O–H groups in total. The molecule has 68 heavy (non-hydrogen) atoms. The Morgan fingerprint density at radius 2 is 0.603 bits per heavy atom. The fourth-order valence-electron chi connectivity index (χ4n) is 12.7. The molecule has 0 spiro atoms. The molecule has 336 valence electrons. The van der Waals surface area contributed by atoms with Crippen molar-refractivity contribution >= 4 is 0 Å². The molecule has 2 aliphatic heterocycles. The van der Waals surface area contributed by atoms with Gasteiger partial charge in [-0.3, -0.25) is 0 Å². The smallest absolute Gasteiger partial charge is 0.135 e. The van der Waals surface area contributed by atoms with Gasteiger partial charge in [-0.1, -0.05) is 48.5 Å². The highest BCUT2D eigenvalue weighted by Gasteiger charge is 2.58. The van der Waals surface area contributed by atoms with Gasteiger partial charge in [-0.25, -0.2) is 0 Å². The molecule has 5 aliphatic rings. The number of benzene rings is 8. The SMILES string of the molecule is Oc1ccc(C2Oc3cc(O)c4c5c3C2c2cc(O)cc(O)c2C(c2ccc(O)cc2)C5C2c3c-4c(O)cc4c3C(c3cc(O)cc(O)c3C2c2ccc(O)cc2)C(c2ccc(O)cc2)O4)cc1. The Hall–Kier alpha value is -8.64. The lowest BCUT2D eigenvalue weighted by Gasteiger charge is -2.45. The summed E-state index contributed by atoms with van der Waals surface area (Å²) in [6.07, 6.45) is -1.66. The summed E-state index contributed by atoms with van der Waals surface area (Å²) in [7, 11) is 0. The number of hydrogen-bond acceptors (Lipinski definition) is 12. The van der Waals surface area contributed by atoms with Crippen LogP contribution in [0.5, 0.6) is 69.0 Å². The first-order valence-corrected chi connectivity index (χ1v) is 22.2. The van der Waals surface area contributed by atoms with Gasteiger partial charge in [0.15, 0.2) is 0 Å². The highest BCUT2D eigenvalue weighted by Crippen LogP contribution is 2.74. The van der Waals surface area contributed by atoms with Crippen LogP contribution in [-0.2, 0) is 0 Å². The van der Waals surface area contributed by atoms with Crippen molar-refractivity contribution < 1.29 is 60.5 Å². The molecule has 12 heteroatoms. The topological polar surface area (TPSA) is 221 Å². The molecule has 13 rings (SSSR count). The first kappa shape index (κ1) is 39.7. The molecule has 8 unspecified atom stereocenters. The number of aromatic hydroxyl groups is 10. The molecular formula is C56H40O12. The van der Waals surface area contributed by atoms with E-state index in [-0.39, 0.29) is 57.5 Å². The summed E-state index contributed by atoms with van der Waals surface area (Å²) in [6.45, 7) is 0. The zero-order chi connectivity index (χ0) is 46.6. The van der Waals surface area contributed by atoms with E-state index in [4.69, 9.17) is 9.47 Å². The largest absolute Gasteiger partial charge is 0.508 e. The molecule has 0 radical (unpaired) electrons. The summed E-state index contributed by atoms with van der Waals surface area (Å²) in [5.74, 6) is -5.66. The monoisotopic (exact) mass is 904 g/mol. The minimum absolute atomic E-state index is 0.00887. The first-order chi connectivity index (χ1) is 32.8. The number of phenolic OH excluding ortho intramolecular Hbond substituents is 10. The van der Waals surface area contributed by atoms with Gasteiger partial charge in [0.2, 0.25) is 0 Å². The van der Waals surface area contributed by atoms with E-state index in [0.29, 0.717) is 89.4 Å².